The second-order valence-electron chi connectivity index (χ2n) is 2.35. The van der Waals surface area contributed by atoms with E-state index in [2.05, 4.69) is 41.1 Å². The van der Waals surface area contributed by atoms with Gasteiger partial charge in [0.05, 0.1) is 0 Å². The molecule has 1 heteroatoms. The highest BCUT2D eigenvalue weighted by Crippen LogP contribution is 2.21. The maximum absolute atomic E-state index is 3.42. The Hall–Kier alpha value is -0.0400. The number of allylic oxidation sites excluding steroid dienone is 4. The molecule has 50 valence electrons. The maximum Gasteiger partial charge on any atom is 0.0132 e. The van der Waals surface area contributed by atoms with E-state index in [0.29, 0.717) is 0 Å². The van der Waals surface area contributed by atoms with Gasteiger partial charge < -0.3 is 0 Å². The van der Waals surface area contributed by atoms with Gasteiger partial charge in [-0.1, -0.05) is 41.1 Å². The van der Waals surface area contributed by atoms with Crippen molar-refractivity contribution >= 4 is 15.9 Å². The first-order valence-corrected chi connectivity index (χ1v) is 4.16. The minimum absolute atomic E-state index is 0.784. The first-order valence-electron chi connectivity index (χ1n) is 3.36. The SMILES string of the molecule is CCC1C=CC(Br)=CC1. The minimum Gasteiger partial charge on any atom is -0.0800 e. The van der Waals surface area contributed by atoms with Crippen LogP contribution >= 0.6 is 15.9 Å². The molecule has 0 aromatic rings. The monoisotopic (exact) mass is 186 g/mol. The molecular weight excluding hydrogens is 176 g/mol. The Balaban J connectivity index is 2.48. The van der Waals surface area contributed by atoms with Crippen molar-refractivity contribution in [3.63, 3.8) is 0 Å². The van der Waals surface area contributed by atoms with E-state index in [9.17, 15) is 0 Å². The molecule has 0 amide bonds. The van der Waals surface area contributed by atoms with Gasteiger partial charge in [0.15, 0.2) is 0 Å². The molecule has 0 spiro atoms. The van der Waals surface area contributed by atoms with Crippen molar-refractivity contribution in [3.05, 3.63) is 22.7 Å². The van der Waals surface area contributed by atoms with E-state index in [1.165, 1.54) is 17.3 Å². The minimum atomic E-state index is 0.784. The molecule has 0 fully saturated rings. The maximum atomic E-state index is 3.42. The van der Waals surface area contributed by atoms with Gasteiger partial charge in [0.2, 0.25) is 0 Å². The van der Waals surface area contributed by atoms with Crippen molar-refractivity contribution in [1.82, 2.24) is 0 Å². The van der Waals surface area contributed by atoms with Crippen LogP contribution in [0.15, 0.2) is 22.7 Å². The quantitative estimate of drug-likeness (QED) is 0.591. The van der Waals surface area contributed by atoms with Crippen LogP contribution in [-0.2, 0) is 0 Å². The fraction of sp³-hybridized carbons (Fsp3) is 0.500. The Morgan fingerprint density at radius 1 is 1.78 bits per heavy atom. The molecule has 1 aliphatic rings. The Bertz CT molecular complexity index is 145. The summed E-state index contributed by atoms with van der Waals surface area (Å²) in [7, 11) is 0. The summed E-state index contributed by atoms with van der Waals surface area (Å²) < 4.78 is 1.23. The fourth-order valence-corrected chi connectivity index (χ4v) is 1.28. The predicted octanol–water partition coefficient (Wildman–Crippen LogP) is 3.25. The van der Waals surface area contributed by atoms with Crippen LogP contribution in [-0.4, -0.2) is 0 Å². The molecule has 0 aromatic heterocycles. The van der Waals surface area contributed by atoms with Crippen LogP contribution in [0.1, 0.15) is 19.8 Å². The summed E-state index contributed by atoms with van der Waals surface area (Å²) in [5.41, 5.74) is 0. The number of hydrogen-bond acceptors (Lipinski definition) is 0. The van der Waals surface area contributed by atoms with Gasteiger partial charge in [-0.2, -0.15) is 0 Å². The van der Waals surface area contributed by atoms with Gasteiger partial charge in [-0.3, -0.25) is 0 Å². The van der Waals surface area contributed by atoms with Gasteiger partial charge in [0.1, 0.15) is 0 Å². The van der Waals surface area contributed by atoms with Crippen LogP contribution in [0.3, 0.4) is 0 Å². The Kier molecular flexibility index (Phi) is 2.52. The number of rotatable bonds is 1. The summed E-state index contributed by atoms with van der Waals surface area (Å²) in [6.45, 7) is 2.22. The highest BCUT2D eigenvalue weighted by molar-refractivity contribution is 9.11. The lowest BCUT2D eigenvalue weighted by atomic mass is 9.99. The lowest BCUT2D eigenvalue weighted by Crippen LogP contribution is -1.94. The summed E-state index contributed by atoms with van der Waals surface area (Å²) in [4.78, 5) is 0. The third kappa shape index (κ3) is 1.98. The molecule has 0 N–H and O–H groups in total. The second kappa shape index (κ2) is 3.21. The topological polar surface area (TPSA) is 0 Å². The van der Waals surface area contributed by atoms with Crippen molar-refractivity contribution in [2.75, 3.05) is 0 Å². The fourth-order valence-electron chi connectivity index (χ4n) is 0.941. The van der Waals surface area contributed by atoms with E-state index < -0.39 is 0 Å². The van der Waals surface area contributed by atoms with E-state index in [1.54, 1.807) is 0 Å². The van der Waals surface area contributed by atoms with Gasteiger partial charge >= 0.3 is 0 Å². The lowest BCUT2D eigenvalue weighted by Gasteiger charge is -2.10. The van der Waals surface area contributed by atoms with E-state index in [4.69, 9.17) is 0 Å². The molecule has 1 rings (SSSR count). The average molecular weight is 187 g/mol. The molecular formula is C8H11Br. The van der Waals surface area contributed by atoms with Crippen molar-refractivity contribution in [3.8, 4) is 0 Å². The van der Waals surface area contributed by atoms with E-state index in [0.717, 1.165) is 5.92 Å². The number of hydrogen-bond donors (Lipinski definition) is 0. The van der Waals surface area contributed by atoms with Gasteiger partial charge in [-0.05, 0) is 18.8 Å². The average Bonchev–Trinajstić information content (AvgIpc) is 1.90. The molecule has 0 aliphatic heterocycles. The highest BCUT2D eigenvalue weighted by Gasteiger charge is 2.03. The van der Waals surface area contributed by atoms with Crippen LogP contribution < -0.4 is 0 Å². The summed E-state index contributed by atoms with van der Waals surface area (Å²) in [5.74, 6) is 0.784. The summed E-state index contributed by atoms with van der Waals surface area (Å²) in [6.07, 6.45) is 9.09. The second-order valence-corrected chi connectivity index (χ2v) is 3.27. The van der Waals surface area contributed by atoms with Gasteiger partial charge in [-0.25, -0.2) is 0 Å². The van der Waals surface area contributed by atoms with E-state index in [-0.39, 0.29) is 0 Å². The predicted molar refractivity (Wildman–Crippen MR) is 44.5 cm³/mol. The lowest BCUT2D eigenvalue weighted by molar-refractivity contribution is 0.632. The zero-order valence-corrected chi connectivity index (χ0v) is 7.19. The van der Waals surface area contributed by atoms with Gasteiger partial charge in [-0.15, -0.1) is 0 Å². The van der Waals surface area contributed by atoms with Crippen LogP contribution in [0.5, 0.6) is 0 Å². The molecule has 0 radical (unpaired) electrons. The zero-order chi connectivity index (χ0) is 6.69. The number of halogens is 1. The Morgan fingerprint density at radius 3 is 3.00 bits per heavy atom. The molecule has 1 atom stereocenters. The van der Waals surface area contributed by atoms with Crippen LogP contribution in [0.25, 0.3) is 0 Å². The summed E-state index contributed by atoms with van der Waals surface area (Å²) in [5, 5.41) is 0. The molecule has 0 aromatic carbocycles. The molecule has 0 nitrogen and oxygen atoms in total. The van der Waals surface area contributed by atoms with Gasteiger partial charge in [0, 0.05) is 4.48 Å². The van der Waals surface area contributed by atoms with Crippen LogP contribution in [0, 0.1) is 5.92 Å². The van der Waals surface area contributed by atoms with Crippen LogP contribution in [0.4, 0.5) is 0 Å². The molecule has 0 heterocycles. The smallest absolute Gasteiger partial charge is 0.0132 e. The largest absolute Gasteiger partial charge is 0.0800 e. The normalized spacial score (nSPS) is 26.0. The first-order chi connectivity index (χ1) is 4.33. The third-order valence-electron chi connectivity index (χ3n) is 1.67. The molecule has 9 heavy (non-hydrogen) atoms. The molecule has 0 saturated carbocycles. The summed E-state index contributed by atoms with van der Waals surface area (Å²) in [6, 6.07) is 0. The highest BCUT2D eigenvalue weighted by atomic mass is 79.9. The van der Waals surface area contributed by atoms with Crippen molar-refractivity contribution < 1.29 is 0 Å². The van der Waals surface area contributed by atoms with Crippen molar-refractivity contribution in [2.45, 2.75) is 19.8 Å². The molecule has 1 aliphatic carbocycles. The van der Waals surface area contributed by atoms with Crippen molar-refractivity contribution in [1.29, 1.82) is 0 Å². The molecule has 0 bridgehead atoms. The van der Waals surface area contributed by atoms with Crippen molar-refractivity contribution in [2.24, 2.45) is 5.92 Å². The van der Waals surface area contributed by atoms with Crippen LogP contribution in [0.2, 0.25) is 0 Å². The standard InChI is InChI=1S/C8H11Br/c1-2-7-3-5-8(9)6-4-7/h3,5-7H,2,4H2,1H3. The Labute approximate surface area is 64.8 Å². The third-order valence-corrected chi connectivity index (χ3v) is 2.26. The van der Waals surface area contributed by atoms with E-state index >= 15 is 0 Å². The molecule has 1 unspecified atom stereocenters. The molecule has 0 saturated heterocycles. The van der Waals surface area contributed by atoms with E-state index in [1.807, 2.05) is 0 Å². The van der Waals surface area contributed by atoms with Gasteiger partial charge in [0.25, 0.3) is 0 Å². The first kappa shape index (κ1) is 7.07. The Morgan fingerprint density at radius 2 is 2.56 bits per heavy atom. The zero-order valence-electron chi connectivity index (χ0n) is 5.60. The summed E-state index contributed by atoms with van der Waals surface area (Å²) >= 11 is 3.42.